The fraction of sp³-hybridized carbons (Fsp3) is 0.634. The molecule has 1 saturated carbocycles. The van der Waals surface area contributed by atoms with Crippen LogP contribution in [0, 0.1) is 17.3 Å². The van der Waals surface area contributed by atoms with E-state index in [0.717, 1.165) is 118 Å². The molecule has 9 aromatic rings. The summed E-state index contributed by atoms with van der Waals surface area (Å²) in [4.78, 5) is 2.17. The second kappa shape index (κ2) is 34.7. The Morgan fingerprint density at radius 2 is 0.805 bits per heavy atom. The number of alkyl halides is 8. The van der Waals surface area contributed by atoms with Gasteiger partial charge < -0.3 is 63.9 Å². The van der Waals surface area contributed by atoms with E-state index in [1.54, 1.807) is 11.8 Å². The van der Waals surface area contributed by atoms with Crippen molar-refractivity contribution in [1.82, 2.24) is 81.2 Å². The number of rotatable bonds is 14. The van der Waals surface area contributed by atoms with Crippen molar-refractivity contribution in [3.05, 3.63) is 155 Å². The van der Waals surface area contributed by atoms with Crippen LogP contribution in [0.2, 0.25) is 17.3 Å². The average Bonchev–Trinajstić information content (AvgIpc) is 1.58. The molecule has 19 heterocycles. The Labute approximate surface area is 740 Å². The van der Waals surface area contributed by atoms with Crippen LogP contribution in [-0.2, 0) is 105 Å². The van der Waals surface area contributed by atoms with Gasteiger partial charge in [0, 0.05) is 149 Å². The summed E-state index contributed by atoms with van der Waals surface area (Å²) in [5.74, 6) is -9.64. The number of fused-ring (bicyclic) bond motifs is 9. The minimum absolute atomic E-state index is 0.00972. The van der Waals surface area contributed by atoms with E-state index in [1.165, 1.54) is 69.6 Å². The van der Waals surface area contributed by atoms with Crippen LogP contribution in [0.5, 0.6) is 11.5 Å². The number of benzene rings is 1. The standard InChI is InChI=1S/C23H23ClF2N4O3S.2C20H25ClF2N4O2S.C19H23ClF2N4O2S/c1-13-8-22(21-15(7-19(24)34-21)23(25,26)12-33-22)9-16(27-13)17-11-30(29-28-17)10-14-3-2-4-18-20(14)32-6-5-31-18;1-12-6-19(17-13(5-16(21)30-17)20(22,23)11-29-19)7-14(24-12)15-8-27(26-25-15)9-18(3-4-18)10-28-2;1-12-7-19(18-14(6-17(21)30-18)20(22,23)11-29-19)8-15(24-12)16-10-27(26-25-16)9-13-2-4-28-5-3-13;1-11-5-18(17-13(4-16(20)29-17)19(21,22)10-28-18)6-14(23-11)15-8-26(25-24-15)7-12-2-3-27-9-12/h2-4,7,11,13,16,27H,5-6,8-10,12H2,1H3;5,8,12,14,24H,3-4,6-7,9-11H2,1-2H3;6,10,12-13,15,24H,2-5,7-9,11H2,1H3;4,8,11-12,14,23H,2-3,5-7,9-10H2,1H3/t13-,16-,22-;12-,14-,19-;12-,15-,19-;11-,12?,14-,18-/m0000/s1. The van der Waals surface area contributed by atoms with Crippen LogP contribution in [0.3, 0.4) is 0 Å². The van der Waals surface area contributed by atoms with Gasteiger partial charge in [-0.05, 0) is 122 Å². The van der Waals surface area contributed by atoms with Gasteiger partial charge >= 0.3 is 0 Å². The van der Waals surface area contributed by atoms with Crippen LogP contribution in [-0.4, -0.2) is 164 Å². The number of halogens is 12. The van der Waals surface area contributed by atoms with E-state index in [0.29, 0.717) is 126 Å². The van der Waals surface area contributed by atoms with E-state index >= 15 is 0 Å². The summed E-state index contributed by atoms with van der Waals surface area (Å²) in [6.45, 7) is 13.4. The highest BCUT2D eigenvalue weighted by molar-refractivity contribution is 7.17. The lowest BCUT2D eigenvalue weighted by molar-refractivity contribution is -0.183. The number of ether oxygens (including phenoxy) is 9. The molecule has 4 N–H and O–H groups in total. The first-order valence-electron chi connectivity index (χ1n) is 41.7. The predicted octanol–water partition coefficient (Wildman–Crippen LogP) is 17.0. The van der Waals surface area contributed by atoms with Crippen LogP contribution in [0.15, 0.2) is 67.3 Å². The predicted molar refractivity (Wildman–Crippen MR) is 444 cm³/mol. The van der Waals surface area contributed by atoms with E-state index in [9.17, 15) is 35.1 Å². The summed E-state index contributed by atoms with van der Waals surface area (Å²) in [5, 5.41) is 49.0. The SMILES string of the molecule is COCC1(Cn2cc([C@@H]3C[C@]4(C[C@H](C)N3)OCC(F)(F)c3cc(Cl)sc34)nn2)CC1.C[C@H]1C[C@@]2(C[C@@H](c3cn(CC4CCOC4)nn3)N1)OCC(F)(F)c1cc(Cl)sc12.C[C@H]1C[C@@]2(C[C@@H](c3cn(CC4CCOCC4)nn3)N1)OCC(F)(F)c1cc(Cl)sc12.C[C@H]1C[C@@]2(C[C@@H](c3cn(Cc4cccc5c4OCCO5)nn3)N1)OCC(F)(F)c1cc(Cl)sc12. The lowest BCUT2D eigenvalue weighted by atomic mass is 9.78. The minimum atomic E-state index is -3.04. The van der Waals surface area contributed by atoms with E-state index in [2.05, 4.69) is 62.5 Å². The van der Waals surface area contributed by atoms with E-state index < -0.39 is 72.5 Å². The molecule has 11 aliphatic heterocycles. The molecule has 8 aromatic heterocycles. The van der Waals surface area contributed by atoms with Crippen molar-refractivity contribution in [3.8, 4) is 11.5 Å². The molecule has 21 rings (SSSR count). The lowest BCUT2D eigenvalue weighted by Crippen LogP contribution is -2.51. The zero-order chi connectivity index (χ0) is 85.8. The summed E-state index contributed by atoms with van der Waals surface area (Å²) in [6, 6.07) is 11.0. The summed E-state index contributed by atoms with van der Waals surface area (Å²) < 4.78 is 176. The summed E-state index contributed by atoms with van der Waals surface area (Å²) in [6.07, 6.45) is 17.5. The third-order valence-corrected chi connectivity index (χ3v) is 31.4. The molecule has 123 heavy (non-hydrogen) atoms. The van der Waals surface area contributed by atoms with Crippen LogP contribution < -0.4 is 30.7 Å². The smallest absolute Gasteiger partial charge is 0.297 e. The zero-order valence-electron chi connectivity index (χ0n) is 68.1. The fourth-order valence-corrected chi connectivity index (χ4v) is 25.6. The average molecular weight is 1870 g/mol. The van der Waals surface area contributed by atoms with Crippen molar-refractivity contribution in [1.29, 1.82) is 0 Å². The molecule has 0 radical (unpaired) electrons. The van der Waals surface area contributed by atoms with Gasteiger partial charge in [-0.15, -0.1) is 65.7 Å². The molecular weight excluding hydrogens is 1780 g/mol. The van der Waals surface area contributed by atoms with Gasteiger partial charge in [-0.2, -0.15) is 35.1 Å². The number of thiophene rings is 4. The lowest BCUT2D eigenvalue weighted by Gasteiger charge is -2.47. The van der Waals surface area contributed by atoms with E-state index in [-0.39, 0.29) is 76.0 Å². The van der Waals surface area contributed by atoms with Crippen molar-refractivity contribution in [2.75, 3.05) is 79.8 Å². The van der Waals surface area contributed by atoms with Crippen molar-refractivity contribution >= 4 is 91.8 Å². The number of nitrogens with zero attached hydrogens (tertiary/aromatic N) is 12. The first kappa shape index (κ1) is 88.0. The van der Waals surface area contributed by atoms with Crippen LogP contribution in [0.25, 0.3) is 0 Å². The molecule has 0 bridgehead atoms. The van der Waals surface area contributed by atoms with Gasteiger partial charge in [0.1, 0.15) is 62.0 Å². The molecule has 7 fully saturated rings. The Morgan fingerprint density at radius 1 is 0.447 bits per heavy atom. The minimum Gasteiger partial charge on any atom is -0.486 e. The molecule has 1 aromatic carbocycles. The first-order valence-corrected chi connectivity index (χ1v) is 46.5. The molecular formula is C82H96Cl4F8N16O9S4. The third-order valence-electron chi connectivity index (χ3n) is 25.6. The van der Waals surface area contributed by atoms with Crippen molar-refractivity contribution < 1.29 is 77.8 Å². The monoisotopic (exact) mass is 1870 g/mol. The molecule has 1 aliphatic carbocycles. The third kappa shape index (κ3) is 18.3. The van der Waals surface area contributed by atoms with Crippen LogP contribution in [0.4, 0.5) is 35.1 Å². The Morgan fingerprint density at radius 3 is 1.20 bits per heavy atom. The first-order chi connectivity index (χ1) is 58.8. The highest BCUT2D eigenvalue weighted by Crippen LogP contribution is 2.60. The van der Waals surface area contributed by atoms with Crippen molar-refractivity contribution in [2.45, 2.75) is 232 Å². The Bertz CT molecular complexity index is 5250. The number of aromatic nitrogens is 12. The maximum atomic E-state index is 14.6. The number of hydrogen-bond donors (Lipinski definition) is 4. The van der Waals surface area contributed by atoms with Gasteiger partial charge in [0.2, 0.25) is 0 Å². The molecule has 666 valence electrons. The Hall–Kier alpha value is -5.66. The number of para-hydroxylation sites is 1. The maximum Gasteiger partial charge on any atom is 0.297 e. The largest absolute Gasteiger partial charge is 0.486 e. The number of methoxy groups -OCH3 is 1. The molecule has 25 nitrogen and oxygen atoms in total. The quantitative estimate of drug-likeness (QED) is 0.0738. The van der Waals surface area contributed by atoms with Crippen molar-refractivity contribution in [3.63, 3.8) is 0 Å². The van der Waals surface area contributed by atoms with Gasteiger partial charge in [-0.25, -0.2) is 4.68 Å². The second-order valence-corrected chi connectivity index (χ2v) is 42.0. The second-order valence-electron chi connectivity index (χ2n) is 35.3. The van der Waals surface area contributed by atoms with Crippen LogP contribution >= 0.6 is 91.8 Å². The van der Waals surface area contributed by atoms with Crippen LogP contribution in [0.1, 0.15) is 205 Å². The van der Waals surface area contributed by atoms with Gasteiger partial charge in [-0.1, -0.05) is 79.4 Å². The van der Waals surface area contributed by atoms with E-state index in [4.69, 9.17) is 89.0 Å². The normalized spacial score (nSPS) is 31.0. The van der Waals surface area contributed by atoms with Gasteiger partial charge in [0.25, 0.3) is 23.7 Å². The fourth-order valence-electron chi connectivity index (χ4n) is 19.8. The molecule has 12 aliphatic rings. The molecule has 0 amide bonds. The summed E-state index contributed by atoms with van der Waals surface area (Å²) >= 11 is 29.4. The van der Waals surface area contributed by atoms with Gasteiger partial charge in [0.05, 0.1) is 115 Å². The van der Waals surface area contributed by atoms with E-state index in [1.807, 2.05) is 84.7 Å². The Kier molecular flexibility index (Phi) is 24.8. The highest BCUT2D eigenvalue weighted by atomic mass is 35.5. The molecule has 13 atom stereocenters. The molecule has 4 spiro atoms. The molecule has 41 heteroatoms. The number of hydrogen-bond acceptors (Lipinski definition) is 25. The molecule has 6 saturated heterocycles. The van der Waals surface area contributed by atoms with Crippen molar-refractivity contribution in [2.24, 2.45) is 17.3 Å². The maximum absolute atomic E-state index is 14.6. The molecule has 1 unspecified atom stereocenters. The van der Waals surface area contributed by atoms with Gasteiger partial charge in [-0.3, -0.25) is 14.0 Å². The summed E-state index contributed by atoms with van der Waals surface area (Å²) in [7, 11) is 1.72. The topological polar surface area (TPSA) is 254 Å². The Balaban J connectivity index is 0.000000112. The number of piperidine rings is 4. The summed E-state index contributed by atoms with van der Waals surface area (Å²) in [5.41, 5.74) is 1.10. The number of nitrogens with one attached hydrogen (secondary N) is 4. The zero-order valence-corrected chi connectivity index (χ0v) is 74.4. The van der Waals surface area contributed by atoms with Gasteiger partial charge in [0.15, 0.2) is 11.5 Å². The highest BCUT2D eigenvalue weighted by Gasteiger charge is 2.59.